The number of aromatic nitrogens is 1. The minimum Gasteiger partial charge on any atom is -0.450 e. The van der Waals surface area contributed by atoms with E-state index in [1.54, 1.807) is 26.0 Å². The lowest BCUT2D eigenvalue weighted by Crippen LogP contribution is -2.36. The normalized spacial score (nSPS) is 9.56. The van der Waals surface area contributed by atoms with E-state index in [1.807, 2.05) is 0 Å². The Balaban J connectivity index is 2.78. The highest BCUT2D eigenvalue weighted by atomic mass is 79.9. The Labute approximate surface area is 163 Å². The molecule has 0 saturated heterocycles. The number of ether oxygens (including phenoxy) is 2. The number of alkyl carbamates (subject to hydrolysis) is 2. The van der Waals surface area contributed by atoms with Crippen molar-refractivity contribution in [2.75, 3.05) is 23.8 Å². The summed E-state index contributed by atoms with van der Waals surface area (Å²) in [5.41, 5.74) is 0.415. The molecule has 0 aliphatic rings. The van der Waals surface area contributed by atoms with Crippen LogP contribution in [0.15, 0.2) is 16.7 Å². The average Bonchev–Trinajstić information content (AvgIpc) is 2.50. The van der Waals surface area contributed by atoms with E-state index in [9.17, 15) is 9.59 Å². The predicted molar refractivity (Wildman–Crippen MR) is 105 cm³/mol. The van der Waals surface area contributed by atoms with Crippen LogP contribution in [-0.4, -0.2) is 40.6 Å². The van der Waals surface area contributed by atoms with Gasteiger partial charge in [0.1, 0.15) is 4.60 Å². The average molecular weight is 450 g/mol. The summed E-state index contributed by atoms with van der Waals surface area (Å²) in [6, 6.07) is 3.30. The van der Waals surface area contributed by atoms with E-state index in [4.69, 9.17) is 33.9 Å². The summed E-state index contributed by atoms with van der Waals surface area (Å²) < 4.78 is 9.98. The number of nitrogens with zero attached hydrogens (tertiary/aromatic N) is 1. The Hall–Kier alpha value is -2.05. The second-order valence-electron chi connectivity index (χ2n) is 4.13. The van der Waals surface area contributed by atoms with Gasteiger partial charge >= 0.3 is 12.2 Å². The number of anilines is 2. The van der Waals surface area contributed by atoms with Crippen molar-refractivity contribution < 1.29 is 19.1 Å². The zero-order valence-electron chi connectivity index (χ0n) is 13.3. The number of carbonyl (C=O) groups excluding carboxylic acids is 2. The van der Waals surface area contributed by atoms with Crippen molar-refractivity contribution in [3.8, 4) is 0 Å². The van der Waals surface area contributed by atoms with Gasteiger partial charge in [-0.3, -0.25) is 10.6 Å². The van der Waals surface area contributed by atoms with Crippen LogP contribution in [0.4, 0.5) is 21.1 Å². The first kappa shape index (κ1) is 21.0. The van der Waals surface area contributed by atoms with Gasteiger partial charge in [0.2, 0.25) is 0 Å². The number of hydrogen-bond acceptors (Lipinski definition) is 7. The number of carbonyl (C=O) groups is 2. The zero-order chi connectivity index (χ0) is 18.8. The molecule has 0 radical (unpaired) electrons. The largest absolute Gasteiger partial charge is 0.450 e. The van der Waals surface area contributed by atoms with Gasteiger partial charge in [-0.05, 0) is 66.3 Å². The van der Waals surface area contributed by atoms with Gasteiger partial charge in [-0.2, -0.15) is 0 Å². The van der Waals surface area contributed by atoms with Crippen LogP contribution in [0.2, 0.25) is 0 Å². The molecule has 0 bridgehead atoms. The molecule has 1 aromatic heterocycles. The number of nitrogens with one attached hydrogen (secondary N) is 4. The first-order chi connectivity index (χ1) is 11.8. The van der Waals surface area contributed by atoms with Crippen LogP contribution in [0.1, 0.15) is 13.8 Å². The summed E-state index contributed by atoms with van der Waals surface area (Å²) in [6.07, 6.45) is -1.37. The van der Waals surface area contributed by atoms with E-state index in [1.165, 1.54) is 0 Å². The molecule has 0 aliphatic carbocycles. The molecule has 0 spiro atoms. The van der Waals surface area contributed by atoms with Crippen molar-refractivity contribution in [3.05, 3.63) is 16.7 Å². The van der Waals surface area contributed by atoms with Crippen LogP contribution in [-0.2, 0) is 9.47 Å². The van der Waals surface area contributed by atoms with Crippen molar-refractivity contribution in [2.24, 2.45) is 0 Å². The molecule has 0 atom stereocenters. The quantitative estimate of drug-likeness (QED) is 0.406. The molecule has 0 saturated carbocycles. The lowest BCUT2D eigenvalue weighted by Gasteiger charge is -2.15. The van der Waals surface area contributed by atoms with Gasteiger partial charge in [0, 0.05) is 0 Å². The first-order valence-corrected chi connectivity index (χ1v) is 8.62. The Morgan fingerprint density at radius 3 is 2.08 bits per heavy atom. The summed E-state index contributed by atoms with van der Waals surface area (Å²) in [6.45, 7) is 3.78. The van der Waals surface area contributed by atoms with Gasteiger partial charge in [-0.15, -0.1) is 0 Å². The van der Waals surface area contributed by atoms with E-state index in [-0.39, 0.29) is 29.3 Å². The van der Waals surface area contributed by atoms with Crippen LogP contribution >= 0.6 is 40.4 Å². The maximum Gasteiger partial charge on any atom is 0.413 e. The van der Waals surface area contributed by atoms with E-state index >= 15 is 0 Å². The Morgan fingerprint density at radius 1 is 1.04 bits per heavy atom. The van der Waals surface area contributed by atoms with Crippen molar-refractivity contribution in [2.45, 2.75) is 13.8 Å². The topological polar surface area (TPSA) is 114 Å². The number of halogens is 1. The van der Waals surface area contributed by atoms with Gasteiger partial charge in [-0.25, -0.2) is 14.6 Å². The summed E-state index contributed by atoms with van der Waals surface area (Å²) in [5.74, 6) is 0.268. The molecule has 1 rings (SSSR count). The van der Waals surface area contributed by atoms with Gasteiger partial charge in [0.25, 0.3) is 0 Å². The van der Waals surface area contributed by atoms with Gasteiger partial charge in [0.05, 0.1) is 18.9 Å². The lowest BCUT2D eigenvalue weighted by molar-refractivity contribution is 0.157. The summed E-state index contributed by atoms with van der Waals surface area (Å²) in [7, 11) is 0. The van der Waals surface area contributed by atoms with Crippen molar-refractivity contribution in [3.63, 3.8) is 0 Å². The fraction of sp³-hybridized carbons (Fsp3) is 0.308. The zero-order valence-corrected chi connectivity index (χ0v) is 16.6. The highest BCUT2D eigenvalue weighted by molar-refractivity contribution is 9.10. The minimum absolute atomic E-state index is 0.00916. The van der Waals surface area contributed by atoms with E-state index in [0.717, 1.165) is 0 Å². The van der Waals surface area contributed by atoms with Gasteiger partial charge in [-0.1, -0.05) is 0 Å². The third kappa shape index (κ3) is 8.05. The number of amides is 2. The van der Waals surface area contributed by atoms with Crippen LogP contribution < -0.4 is 21.3 Å². The van der Waals surface area contributed by atoms with E-state index < -0.39 is 12.2 Å². The molecule has 12 heteroatoms. The molecular formula is C13H16BrN5O4S2. The predicted octanol–water partition coefficient (Wildman–Crippen LogP) is 2.73. The summed E-state index contributed by atoms with van der Waals surface area (Å²) in [5, 5.41) is 10.2. The smallest absolute Gasteiger partial charge is 0.413 e. The molecule has 4 N–H and O–H groups in total. The SMILES string of the molecule is CCOC(=O)NC(=S)Nc1ccc(Br)nc1NC(=S)NC(=O)OCC. The number of pyridine rings is 1. The molecule has 0 fully saturated rings. The minimum atomic E-state index is -0.691. The molecule has 9 nitrogen and oxygen atoms in total. The van der Waals surface area contributed by atoms with E-state index in [2.05, 4.69) is 42.2 Å². The molecule has 0 aromatic carbocycles. The molecule has 1 heterocycles. The molecule has 25 heavy (non-hydrogen) atoms. The number of hydrogen-bond donors (Lipinski definition) is 4. The van der Waals surface area contributed by atoms with Crippen LogP contribution in [0.3, 0.4) is 0 Å². The molecule has 2 amide bonds. The van der Waals surface area contributed by atoms with Crippen molar-refractivity contribution in [1.82, 2.24) is 15.6 Å². The van der Waals surface area contributed by atoms with Crippen LogP contribution in [0.5, 0.6) is 0 Å². The monoisotopic (exact) mass is 449 g/mol. The summed E-state index contributed by atoms with van der Waals surface area (Å²) in [4.78, 5) is 26.9. The van der Waals surface area contributed by atoms with Crippen molar-refractivity contribution in [1.29, 1.82) is 0 Å². The second kappa shape index (κ2) is 10.7. The van der Waals surface area contributed by atoms with E-state index in [0.29, 0.717) is 10.3 Å². The molecular weight excluding hydrogens is 434 g/mol. The fourth-order valence-electron chi connectivity index (χ4n) is 1.44. The molecule has 0 unspecified atom stereocenters. The first-order valence-electron chi connectivity index (χ1n) is 7.01. The van der Waals surface area contributed by atoms with Crippen molar-refractivity contribution >= 4 is 74.3 Å². The van der Waals surface area contributed by atoms with Gasteiger partial charge in [0.15, 0.2) is 16.0 Å². The Kier molecular flexibility index (Phi) is 9.02. The molecule has 1 aromatic rings. The van der Waals surface area contributed by atoms with Crippen LogP contribution in [0.25, 0.3) is 0 Å². The maximum atomic E-state index is 11.4. The molecule has 136 valence electrons. The number of rotatable bonds is 4. The Morgan fingerprint density at radius 2 is 1.56 bits per heavy atom. The standard InChI is InChI=1S/C13H16BrN5O4S2/c1-3-22-12(20)18-10(24)15-7-5-6-8(14)16-9(7)17-11(25)19-13(21)23-4-2/h5-6H,3-4H2,1-2H3,(H2,15,18,20,24)(H2,16,17,19,21,25). The highest BCUT2D eigenvalue weighted by Gasteiger charge is 2.12. The summed E-state index contributed by atoms with van der Waals surface area (Å²) >= 11 is 13.3. The third-order valence-corrected chi connectivity index (χ3v) is 3.17. The Bertz CT molecular complexity index is 674. The lowest BCUT2D eigenvalue weighted by atomic mass is 10.4. The third-order valence-electron chi connectivity index (χ3n) is 2.32. The second-order valence-corrected chi connectivity index (χ2v) is 5.76. The number of thiocarbonyl (C=S) groups is 2. The van der Waals surface area contributed by atoms with Crippen LogP contribution in [0, 0.1) is 0 Å². The molecule has 0 aliphatic heterocycles. The van der Waals surface area contributed by atoms with Gasteiger partial charge < -0.3 is 20.1 Å². The maximum absolute atomic E-state index is 11.4. The fourth-order valence-corrected chi connectivity index (χ4v) is 2.13. The highest BCUT2D eigenvalue weighted by Crippen LogP contribution is 2.22.